The van der Waals surface area contributed by atoms with Crippen LogP contribution in [-0.4, -0.2) is 39.4 Å². The van der Waals surface area contributed by atoms with E-state index in [4.69, 9.17) is 19.6 Å². The van der Waals surface area contributed by atoms with Crippen LogP contribution in [0.3, 0.4) is 0 Å². The van der Waals surface area contributed by atoms with Crippen LogP contribution in [0.25, 0.3) is 34.1 Å². The monoisotopic (exact) mass is 538 g/mol. The van der Waals surface area contributed by atoms with E-state index in [1.54, 1.807) is 10.6 Å². The maximum absolute atomic E-state index is 12.6. The highest BCUT2D eigenvalue weighted by Gasteiger charge is 2.41. The fraction of sp³-hybridized carbons (Fsp3) is 0.312. The largest absolute Gasteiger partial charge is 0.466 e. The van der Waals surface area contributed by atoms with E-state index < -0.39 is 23.2 Å². The molecule has 2 aromatic carbocycles. The van der Waals surface area contributed by atoms with Gasteiger partial charge in [-0.2, -0.15) is 5.10 Å². The third kappa shape index (κ3) is 5.47. The maximum atomic E-state index is 12.6. The number of rotatable bonds is 6. The molecule has 8 heteroatoms. The van der Waals surface area contributed by atoms with E-state index in [1.807, 2.05) is 76.2 Å². The van der Waals surface area contributed by atoms with Gasteiger partial charge in [0.15, 0.2) is 5.65 Å². The summed E-state index contributed by atoms with van der Waals surface area (Å²) >= 11 is 0. The molecule has 8 nitrogen and oxygen atoms in total. The number of hydrogen-bond donors (Lipinski definition) is 1. The van der Waals surface area contributed by atoms with Crippen molar-refractivity contribution < 1.29 is 19.1 Å². The summed E-state index contributed by atoms with van der Waals surface area (Å²) in [5.41, 5.74) is 5.83. The van der Waals surface area contributed by atoms with Crippen molar-refractivity contribution in [1.29, 1.82) is 0 Å². The number of methoxy groups -OCH3 is 1. The molecule has 0 bridgehead atoms. The Hall–Kier alpha value is -4.46. The van der Waals surface area contributed by atoms with Gasteiger partial charge >= 0.3 is 12.1 Å². The third-order valence-corrected chi connectivity index (χ3v) is 7.15. The Morgan fingerprint density at radius 1 is 1.02 bits per heavy atom. The van der Waals surface area contributed by atoms with E-state index in [0.29, 0.717) is 11.3 Å². The molecule has 206 valence electrons. The van der Waals surface area contributed by atoms with Gasteiger partial charge in [-0.1, -0.05) is 54.6 Å². The molecule has 1 fully saturated rings. The Morgan fingerprint density at radius 2 is 1.73 bits per heavy atom. The number of imidazole rings is 1. The van der Waals surface area contributed by atoms with Crippen molar-refractivity contribution in [2.24, 2.45) is 0 Å². The Bertz CT molecular complexity index is 1580. The number of hydrogen-bond acceptors (Lipinski definition) is 6. The second kappa shape index (κ2) is 10.6. The average Bonchev–Trinajstić information content (AvgIpc) is 3.22. The van der Waals surface area contributed by atoms with Crippen molar-refractivity contribution in [3.05, 3.63) is 83.7 Å². The molecule has 1 N–H and O–H groups in total. The predicted octanol–water partition coefficient (Wildman–Crippen LogP) is 6.46. The Balaban J connectivity index is 1.56. The zero-order valence-corrected chi connectivity index (χ0v) is 23.5. The average molecular weight is 539 g/mol. The SMILES string of the molecule is COC(=O)C=Cc1c(C)nc2cc(-c3ccccc3)c(-c3ccc(C4(NC(=O)OC(C)(C)C)CCC4)cc3)nn12. The molecule has 2 heterocycles. The smallest absolute Gasteiger partial charge is 0.408 e. The lowest BCUT2D eigenvalue weighted by Crippen LogP contribution is -2.52. The molecule has 1 saturated carbocycles. The molecular weight excluding hydrogens is 504 g/mol. The van der Waals surface area contributed by atoms with Crippen LogP contribution in [0.15, 0.2) is 66.7 Å². The van der Waals surface area contributed by atoms with Gasteiger partial charge in [0, 0.05) is 17.2 Å². The molecule has 0 radical (unpaired) electrons. The van der Waals surface area contributed by atoms with Crippen molar-refractivity contribution in [3.63, 3.8) is 0 Å². The summed E-state index contributed by atoms with van der Waals surface area (Å²) in [5.74, 6) is -0.448. The van der Waals surface area contributed by atoms with Gasteiger partial charge in [0.25, 0.3) is 0 Å². The summed E-state index contributed by atoms with van der Waals surface area (Å²) in [6.07, 6.45) is 5.39. The van der Waals surface area contributed by atoms with E-state index >= 15 is 0 Å². The maximum Gasteiger partial charge on any atom is 0.408 e. The van der Waals surface area contributed by atoms with Crippen molar-refractivity contribution in [2.75, 3.05) is 7.11 Å². The molecule has 2 aromatic heterocycles. The summed E-state index contributed by atoms with van der Waals surface area (Å²) in [4.78, 5) is 29.1. The minimum atomic E-state index is -0.562. The first-order valence-corrected chi connectivity index (χ1v) is 13.4. The van der Waals surface area contributed by atoms with Crippen molar-refractivity contribution in [2.45, 2.75) is 58.1 Å². The summed E-state index contributed by atoms with van der Waals surface area (Å²) in [6.45, 7) is 7.47. The first-order chi connectivity index (χ1) is 19.1. The lowest BCUT2D eigenvalue weighted by molar-refractivity contribution is -0.134. The Kier molecular flexibility index (Phi) is 7.19. The lowest BCUT2D eigenvalue weighted by atomic mass is 9.71. The number of aryl methyl sites for hydroxylation is 1. The standard InChI is InChI=1S/C32H34N4O4/c1-21-26(16-17-28(37)39-5)36-27(33-21)20-25(22-10-7-6-8-11-22)29(35-36)23-12-14-24(15-13-23)32(18-9-19-32)34-30(38)40-31(2,3)4/h6-8,10-17,20H,9,18-19H2,1-5H3,(H,34,38). The number of alkyl carbamates (subject to hydrolysis) is 1. The van der Waals surface area contributed by atoms with Gasteiger partial charge in [-0.15, -0.1) is 0 Å². The minimum Gasteiger partial charge on any atom is -0.466 e. The van der Waals surface area contributed by atoms with E-state index in [2.05, 4.69) is 17.4 Å². The number of ether oxygens (including phenoxy) is 2. The van der Waals surface area contributed by atoms with E-state index in [0.717, 1.165) is 52.9 Å². The molecule has 40 heavy (non-hydrogen) atoms. The normalized spacial score (nSPS) is 14.6. The highest BCUT2D eigenvalue weighted by Crippen LogP contribution is 2.42. The van der Waals surface area contributed by atoms with Crippen LogP contribution in [0.1, 0.15) is 57.0 Å². The second-order valence-corrected chi connectivity index (χ2v) is 11.1. The van der Waals surface area contributed by atoms with Gasteiger partial charge in [0.05, 0.1) is 29.7 Å². The lowest BCUT2D eigenvalue weighted by Gasteiger charge is -2.43. The van der Waals surface area contributed by atoms with Gasteiger partial charge in [-0.3, -0.25) is 0 Å². The zero-order chi connectivity index (χ0) is 28.5. The predicted molar refractivity (Wildman–Crippen MR) is 155 cm³/mol. The first-order valence-electron chi connectivity index (χ1n) is 13.4. The number of fused-ring (bicyclic) bond motifs is 1. The molecular formula is C32H34N4O4. The van der Waals surface area contributed by atoms with Crippen LogP contribution < -0.4 is 5.32 Å². The first kappa shape index (κ1) is 27.1. The van der Waals surface area contributed by atoms with Crippen LogP contribution in [0.2, 0.25) is 0 Å². The van der Waals surface area contributed by atoms with Gasteiger partial charge in [-0.05, 0) is 70.2 Å². The number of aromatic nitrogens is 3. The number of carbonyl (C=O) groups excluding carboxylic acids is 2. The molecule has 4 aromatic rings. The molecule has 0 saturated heterocycles. The van der Waals surface area contributed by atoms with Gasteiger partial charge in [-0.25, -0.2) is 19.1 Å². The molecule has 0 unspecified atom stereocenters. The summed E-state index contributed by atoms with van der Waals surface area (Å²) in [6, 6.07) is 20.3. The minimum absolute atomic E-state index is 0.405. The number of benzene rings is 2. The van der Waals surface area contributed by atoms with Crippen molar-refractivity contribution in [3.8, 4) is 22.4 Å². The van der Waals surface area contributed by atoms with Crippen LogP contribution in [0, 0.1) is 6.92 Å². The summed E-state index contributed by atoms with van der Waals surface area (Å²) in [5, 5.41) is 8.15. The van der Waals surface area contributed by atoms with Gasteiger partial charge in [0.2, 0.25) is 0 Å². The van der Waals surface area contributed by atoms with Crippen LogP contribution >= 0.6 is 0 Å². The van der Waals surface area contributed by atoms with Gasteiger partial charge in [0.1, 0.15) is 5.60 Å². The number of amides is 1. The zero-order valence-electron chi connectivity index (χ0n) is 23.5. The van der Waals surface area contributed by atoms with E-state index in [-0.39, 0.29) is 0 Å². The number of nitrogens with zero attached hydrogens (tertiary/aromatic N) is 3. The topological polar surface area (TPSA) is 94.8 Å². The van der Waals surface area contributed by atoms with E-state index in [9.17, 15) is 9.59 Å². The molecule has 5 rings (SSSR count). The molecule has 1 aliphatic rings. The number of esters is 1. The van der Waals surface area contributed by atoms with Gasteiger partial charge < -0.3 is 14.8 Å². The summed E-state index contributed by atoms with van der Waals surface area (Å²) in [7, 11) is 1.34. The second-order valence-electron chi connectivity index (χ2n) is 11.1. The fourth-order valence-electron chi connectivity index (χ4n) is 5.02. The fourth-order valence-corrected chi connectivity index (χ4v) is 5.02. The third-order valence-electron chi connectivity index (χ3n) is 7.15. The molecule has 0 aliphatic heterocycles. The highest BCUT2D eigenvalue weighted by molar-refractivity contribution is 5.87. The van der Waals surface area contributed by atoms with Crippen molar-refractivity contribution in [1.82, 2.24) is 19.9 Å². The molecule has 1 aliphatic carbocycles. The number of carbonyl (C=O) groups is 2. The number of nitrogens with one attached hydrogen (secondary N) is 1. The van der Waals surface area contributed by atoms with Crippen LogP contribution in [-0.2, 0) is 19.8 Å². The molecule has 1 amide bonds. The Morgan fingerprint density at radius 3 is 2.33 bits per heavy atom. The van der Waals surface area contributed by atoms with E-state index in [1.165, 1.54) is 13.2 Å². The quantitative estimate of drug-likeness (QED) is 0.224. The molecule has 0 spiro atoms. The Labute approximate surface area is 234 Å². The van der Waals surface area contributed by atoms with Crippen molar-refractivity contribution >= 4 is 23.8 Å². The highest BCUT2D eigenvalue weighted by atomic mass is 16.6. The molecule has 0 atom stereocenters. The van der Waals surface area contributed by atoms with Crippen LogP contribution in [0.5, 0.6) is 0 Å². The summed E-state index contributed by atoms with van der Waals surface area (Å²) < 4.78 is 12.1. The van der Waals surface area contributed by atoms with Crippen LogP contribution in [0.4, 0.5) is 4.79 Å².